The normalized spacial score (nSPS) is 17.2. The molecule has 0 spiro atoms. The number of urea groups is 1. The highest BCUT2D eigenvalue weighted by molar-refractivity contribution is 7.09. The number of amides is 3. The number of benzene rings is 2. The van der Waals surface area contributed by atoms with Gasteiger partial charge in [0.2, 0.25) is 0 Å². The van der Waals surface area contributed by atoms with E-state index in [0.717, 1.165) is 19.4 Å². The molecular formula is C26H27N3O4S. The second-order valence-corrected chi connectivity index (χ2v) is 9.60. The average Bonchev–Trinajstić information content (AvgIpc) is 3.54. The van der Waals surface area contributed by atoms with E-state index in [1.165, 1.54) is 9.78 Å². The topological polar surface area (TPSA) is 71.1 Å². The van der Waals surface area contributed by atoms with Gasteiger partial charge in [0.15, 0.2) is 5.54 Å². The summed E-state index contributed by atoms with van der Waals surface area (Å²) in [5.41, 5.74) is 0.0272. The minimum absolute atomic E-state index is 0.251. The fourth-order valence-electron chi connectivity index (χ4n) is 4.46. The maximum absolute atomic E-state index is 14.1. The van der Waals surface area contributed by atoms with E-state index < -0.39 is 11.6 Å². The molecule has 5 rings (SSSR count). The zero-order valence-corrected chi connectivity index (χ0v) is 20.0. The predicted molar refractivity (Wildman–Crippen MR) is 130 cm³/mol. The molecule has 3 amide bonds. The van der Waals surface area contributed by atoms with Gasteiger partial charge in [-0.25, -0.2) is 9.69 Å². The van der Waals surface area contributed by atoms with Crippen molar-refractivity contribution < 1.29 is 19.1 Å². The molecule has 34 heavy (non-hydrogen) atoms. The van der Waals surface area contributed by atoms with E-state index in [4.69, 9.17) is 9.47 Å². The maximum Gasteiger partial charge on any atom is 0.326 e. The largest absolute Gasteiger partial charge is 0.497 e. The van der Waals surface area contributed by atoms with Crippen molar-refractivity contribution in [2.24, 2.45) is 0 Å². The van der Waals surface area contributed by atoms with E-state index in [1.54, 1.807) is 49.8 Å². The van der Waals surface area contributed by atoms with Crippen LogP contribution in [0.25, 0.3) is 0 Å². The van der Waals surface area contributed by atoms with E-state index >= 15 is 0 Å². The Morgan fingerprint density at radius 1 is 0.971 bits per heavy atom. The number of nitrogens with zero attached hydrogens (tertiary/aromatic N) is 2. The molecule has 1 saturated heterocycles. The van der Waals surface area contributed by atoms with E-state index in [0.29, 0.717) is 28.7 Å². The van der Waals surface area contributed by atoms with Gasteiger partial charge >= 0.3 is 6.03 Å². The van der Waals surface area contributed by atoms with E-state index in [1.807, 2.05) is 35.7 Å². The van der Waals surface area contributed by atoms with Gasteiger partial charge in [0.05, 0.1) is 20.9 Å². The summed E-state index contributed by atoms with van der Waals surface area (Å²) in [5, 5.41) is 5.08. The lowest BCUT2D eigenvalue weighted by Crippen LogP contribution is -2.46. The van der Waals surface area contributed by atoms with Gasteiger partial charge < -0.3 is 14.8 Å². The first kappa shape index (κ1) is 22.4. The summed E-state index contributed by atoms with van der Waals surface area (Å²) < 4.78 is 10.6. The van der Waals surface area contributed by atoms with Gasteiger partial charge in [0.25, 0.3) is 5.91 Å². The molecule has 1 N–H and O–H groups in total. The molecule has 176 valence electrons. The van der Waals surface area contributed by atoms with Crippen LogP contribution < -0.4 is 14.8 Å². The van der Waals surface area contributed by atoms with Crippen LogP contribution in [0, 0.1) is 0 Å². The van der Waals surface area contributed by atoms with Gasteiger partial charge in [-0.3, -0.25) is 9.69 Å². The Balaban J connectivity index is 1.51. The minimum Gasteiger partial charge on any atom is -0.497 e. The molecule has 0 radical (unpaired) electrons. The Morgan fingerprint density at radius 3 is 2.03 bits per heavy atom. The molecule has 2 aliphatic rings. The zero-order valence-electron chi connectivity index (χ0n) is 19.2. The number of hydrogen-bond acceptors (Lipinski definition) is 6. The van der Waals surface area contributed by atoms with Crippen molar-refractivity contribution in [1.29, 1.82) is 0 Å². The Bertz CT molecular complexity index is 1110. The quantitative estimate of drug-likeness (QED) is 0.468. The van der Waals surface area contributed by atoms with Gasteiger partial charge in [-0.2, -0.15) is 0 Å². The third kappa shape index (κ3) is 4.03. The Morgan fingerprint density at radius 2 is 1.56 bits per heavy atom. The van der Waals surface area contributed by atoms with Crippen molar-refractivity contribution in [3.8, 4) is 11.5 Å². The number of thiophene rings is 1. The van der Waals surface area contributed by atoms with Crippen molar-refractivity contribution >= 4 is 23.3 Å². The fourth-order valence-corrected chi connectivity index (χ4v) is 5.19. The minimum atomic E-state index is -1.33. The standard InChI is InChI=1S/C26H27N3O4S/c1-32-21-11-5-18(6-12-21)26(19-7-13-22(33-2)14-8-19)24(30)29(25(31)27-26)17-28(20-9-10-20)16-23-4-3-15-34-23/h3-8,11-15,20H,9-10,16-17H2,1-2H3,(H,27,31). The number of methoxy groups -OCH3 is 2. The van der Waals surface area contributed by atoms with Gasteiger partial charge in [0.1, 0.15) is 11.5 Å². The van der Waals surface area contributed by atoms with Crippen LogP contribution in [0.3, 0.4) is 0 Å². The van der Waals surface area contributed by atoms with E-state index in [9.17, 15) is 9.59 Å². The van der Waals surface area contributed by atoms with Crippen LogP contribution >= 0.6 is 11.3 Å². The number of carbonyl (C=O) groups is 2. The molecule has 0 unspecified atom stereocenters. The van der Waals surface area contributed by atoms with Crippen molar-refractivity contribution in [1.82, 2.24) is 15.1 Å². The summed E-state index contributed by atoms with van der Waals surface area (Å²) in [6.45, 7) is 0.971. The molecule has 0 atom stereocenters. The summed E-state index contributed by atoms with van der Waals surface area (Å²) in [6.07, 6.45) is 2.16. The van der Waals surface area contributed by atoms with Crippen LogP contribution in [0.5, 0.6) is 11.5 Å². The van der Waals surface area contributed by atoms with E-state index in [-0.39, 0.29) is 12.6 Å². The van der Waals surface area contributed by atoms with Crippen LogP contribution in [0.1, 0.15) is 28.8 Å². The van der Waals surface area contributed by atoms with Crippen molar-refractivity contribution in [2.75, 3.05) is 20.9 Å². The number of rotatable bonds is 9. The van der Waals surface area contributed by atoms with Crippen molar-refractivity contribution in [2.45, 2.75) is 31.0 Å². The number of imide groups is 1. The highest BCUT2D eigenvalue weighted by Crippen LogP contribution is 2.38. The Labute approximate surface area is 202 Å². The third-order valence-electron chi connectivity index (χ3n) is 6.48. The number of carbonyl (C=O) groups excluding carboxylic acids is 2. The monoisotopic (exact) mass is 477 g/mol. The second-order valence-electron chi connectivity index (χ2n) is 8.57. The first-order chi connectivity index (χ1) is 16.5. The second kappa shape index (κ2) is 9.12. The lowest BCUT2D eigenvalue weighted by molar-refractivity contribution is -0.131. The van der Waals surface area contributed by atoms with Gasteiger partial charge in [-0.05, 0) is 59.7 Å². The Hall–Kier alpha value is -3.36. The predicted octanol–water partition coefficient (Wildman–Crippen LogP) is 4.18. The molecule has 3 aromatic rings. The summed E-state index contributed by atoms with van der Waals surface area (Å²) in [6, 6.07) is 18.6. The third-order valence-corrected chi connectivity index (χ3v) is 7.34. The van der Waals surface area contributed by atoms with Gasteiger partial charge in [-0.15, -0.1) is 11.3 Å². The molecule has 2 heterocycles. The van der Waals surface area contributed by atoms with E-state index in [2.05, 4.69) is 16.3 Å². The number of nitrogens with one attached hydrogen (secondary N) is 1. The highest BCUT2D eigenvalue weighted by atomic mass is 32.1. The lowest BCUT2D eigenvalue weighted by Gasteiger charge is -2.30. The van der Waals surface area contributed by atoms with Crippen LogP contribution in [-0.4, -0.2) is 48.7 Å². The molecule has 1 saturated carbocycles. The van der Waals surface area contributed by atoms with Crippen LogP contribution in [0.2, 0.25) is 0 Å². The lowest BCUT2D eigenvalue weighted by atomic mass is 9.82. The van der Waals surface area contributed by atoms with Crippen LogP contribution in [-0.2, 0) is 16.9 Å². The zero-order chi connectivity index (χ0) is 23.7. The smallest absolute Gasteiger partial charge is 0.326 e. The molecule has 1 aromatic heterocycles. The average molecular weight is 478 g/mol. The number of hydrogen-bond donors (Lipinski definition) is 1. The molecule has 0 bridgehead atoms. The molecule has 8 heteroatoms. The maximum atomic E-state index is 14.1. The molecular weight excluding hydrogens is 450 g/mol. The van der Waals surface area contributed by atoms with Crippen LogP contribution in [0.15, 0.2) is 66.0 Å². The fraction of sp³-hybridized carbons (Fsp3) is 0.308. The summed E-state index contributed by atoms with van der Waals surface area (Å²) >= 11 is 1.69. The Kier molecular flexibility index (Phi) is 6.02. The molecule has 7 nitrogen and oxygen atoms in total. The first-order valence-corrected chi connectivity index (χ1v) is 12.1. The molecule has 2 aromatic carbocycles. The summed E-state index contributed by atoms with van der Waals surface area (Å²) in [4.78, 5) is 32.2. The van der Waals surface area contributed by atoms with Crippen molar-refractivity contribution in [3.05, 3.63) is 82.0 Å². The first-order valence-electron chi connectivity index (χ1n) is 11.2. The van der Waals surface area contributed by atoms with Crippen molar-refractivity contribution in [3.63, 3.8) is 0 Å². The SMILES string of the molecule is COc1ccc(C2(c3ccc(OC)cc3)NC(=O)N(CN(Cc3cccs3)C3CC3)C2=O)cc1. The number of ether oxygens (including phenoxy) is 2. The van der Waals surface area contributed by atoms with Gasteiger partial charge in [-0.1, -0.05) is 30.3 Å². The summed E-state index contributed by atoms with van der Waals surface area (Å²) in [5.74, 6) is 1.07. The summed E-state index contributed by atoms with van der Waals surface area (Å²) in [7, 11) is 3.19. The molecule has 1 aliphatic heterocycles. The molecule has 1 aliphatic carbocycles. The molecule has 2 fully saturated rings. The highest BCUT2D eigenvalue weighted by Gasteiger charge is 2.54. The van der Waals surface area contributed by atoms with Crippen LogP contribution in [0.4, 0.5) is 4.79 Å². The van der Waals surface area contributed by atoms with Gasteiger partial charge in [0, 0.05) is 17.5 Å².